The lowest BCUT2D eigenvalue weighted by molar-refractivity contribution is -0.125. The van der Waals surface area contributed by atoms with Crippen LogP contribution < -0.4 is 14.5 Å². The summed E-state index contributed by atoms with van der Waals surface area (Å²) in [5, 5.41) is 11.5. The normalized spacial score (nSPS) is 30.2. The lowest BCUT2D eigenvalue weighted by atomic mass is 9.56. The van der Waals surface area contributed by atoms with Crippen LogP contribution in [0.3, 0.4) is 0 Å². The summed E-state index contributed by atoms with van der Waals surface area (Å²) < 4.78 is 20.3. The van der Waals surface area contributed by atoms with Crippen molar-refractivity contribution >= 4 is 74.1 Å². The van der Waals surface area contributed by atoms with Crippen LogP contribution >= 0.6 is 39.1 Å². The van der Waals surface area contributed by atoms with Crippen molar-refractivity contribution in [2.24, 2.45) is 17.8 Å². The Bertz CT molecular complexity index is 1850. The van der Waals surface area contributed by atoms with E-state index in [9.17, 15) is 28.7 Å². The summed E-state index contributed by atoms with van der Waals surface area (Å²) in [5.41, 5.74) is 1.19. The van der Waals surface area contributed by atoms with E-state index in [0.717, 1.165) is 26.4 Å². The summed E-state index contributed by atoms with van der Waals surface area (Å²) in [5.74, 6) is -6.87. The van der Waals surface area contributed by atoms with E-state index in [0.29, 0.717) is 11.3 Å². The van der Waals surface area contributed by atoms with Crippen LogP contribution in [0.15, 0.2) is 82.9 Å². The molecule has 2 heterocycles. The third-order valence-corrected chi connectivity index (χ3v) is 11.6. The number of phenolic OH excluding ortho intramolecular Hbond substituents is 1. The number of halogens is 4. The number of hydrogen-bond donors (Lipinski definition) is 1. The minimum Gasteiger partial charge on any atom is -0.504 e. The van der Waals surface area contributed by atoms with Crippen LogP contribution in [0.4, 0.5) is 15.8 Å². The molecule has 0 aromatic heterocycles. The fourth-order valence-corrected chi connectivity index (χ4v) is 8.82. The van der Waals surface area contributed by atoms with Gasteiger partial charge in [-0.2, -0.15) is 0 Å². The van der Waals surface area contributed by atoms with Crippen molar-refractivity contribution < 1.29 is 33.4 Å². The highest BCUT2D eigenvalue weighted by Crippen LogP contribution is 2.66. The van der Waals surface area contributed by atoms with Crippen molar-refractivity contribution in [3.05, 3.63) is 94.2 Å². The molecule has 7 rings (SSSR count). The summed E-state index contributed by atoms with van der Waals surface area (Å²) in [6.45, 7) is 1.99. The third kappa shape index (κ3) is 4.15. The molecule has 6 atom stereocenters. The average Bonchev–Trinajstić information content (AvgIpc) is 3.37. The Balaban J connectivity index is 1.41. The number of nitrogens with zero attached hydrogens (tertiary/aromatic N) is 2. The molecule has 1 saturated carbocycles. The lowest BCUT2D eigenvalue weighted by Gasteiger charge is -2.50. The number of carbonyl (C=O) groups is 4. The van der Waals surface area contributed by atoms with E-state index in [2.05, 4.69) is 15.9 Å². The molecule has 8 nitrogen and oxygen atoms in total. The molecule has 3 fully saturated rings. The fourth-order valence-electron chi connectivity index (χ4n) is 7.63. The van der Waals surface area contributed by atoms with Gasteiger partial charge in [0.2, 0.25) is 11.8 Å². The number of benzene rings is 3. The molecular weight excluding hydrogens is 702 g/mol. The number of aromatic hydroxyl groups is 1. The number of ether oxygens (including phenoxy) is 1. The number of carbonyl (C=O) groups excluding carboxylic acids is 4. The second-order valence-electron chi connectivity index (χ2n) is 11.9. The van der Waals surface area contributed by atoms with Crippen LogP contribution in [0.2, 0.25) is 0 Å². The predicted molar refractivity (Wildman–Crippen MR) is 172 cm³/mol. The number of amides is 4. The Kier molecular flexibility index (Phi) is 7.34. The van der Waals surface area contributed by atoms with Crippen LogP contribution in [0.5, 0.6) is 11.5 Å². The lowest BCUT2D eigenvalue weighted by Crippen LogP contribution is -2.60. The summed E-state index contributed by atoms with van der Waals surface area (Å²) in [4.78, 5) is 54.5. The van der Waals surface area contributed by atoms with Crippen LogP contribution in [-0.2, 0) is 19.2 Å². The first-order valence-corrected chi connectivity index (χ1v) is 16.3. The molecule has 4 amide bonds. The number of para-hydroxylation sites is 1. The summed E-state index contributed by atoms with van der Waals surface area (Å²) in [7, 11) is 0. The van der Waals surface area contributed by atoms with E-state index in [1.165, 1.54) is 12.1 Å². The molecule has 2 aliphatic carbocycles. The van der Waals surface area contributed by atoms with E-state index < -0.39 is 57.0 Å². The second kappa shape index (κ2) is 10.9. The van der Waals surface area contributed by atoms with Gasteiger partial charge in [0.15, 0.2) is 21.2 Å². The van der Waals surface area contributed by atoms with Crippen LogP contribution in [0.1, 0.15) is 31.2 Å². The first-order valence-electron chi connectivity index (χ1n) is 14.7. The van der Waals surface area contributed by atoms with Gasteiger partial charge < -0.3 is 9.84 Å². The Morgan fingerprint density at radius 2 is 1.57 bits per heavy atom. The van der Waals surface area contributed by atoms with E-state index in [-0.39, 0.29) is 48.1 Å². The van der Waals surface area contributed by atoms with Crippen LogP contribution in [0.25, 0.3) is 0 Å². The SMILES string of the molecule is CCOc1cccc(C2C3=CCC4C(=O)N(c5ccc(Br)cc5)C(=O)C4C3CC3(Cl)C(=O)N(c4ccc(F)cc4)C(=O)C23Cl)c1O. The standard InChI is InChI=1S/C34H26BrCl2FN2O6/c1-2-46-25-5-3-4-23(28(25)41)27-21-14-15-22-26(30(43)39(29(22)42)19-10-6-17(35)7-11-19)24(21)16-33(36)31(44)40(32(45)34(27,33)37)20-12-8-18(38)9-13-20/h3-14,22,24,26-27,41H,2,15-16H2,1H3. The van der Waals surface area contributed by atoms with Gasteiger partial charge in [0.1, 0.15) is 5.82 Å². The van der Waals surface area contributed by atoms with E-state index in [1.807, 2.05) is 0 Å². The molecule has 2 aliphatic heterocycles. The monoisotopic (exact) mass is 726 g/mol. The van der Waals surface area contributed by atoms with Gasteiger partial charge in [-0.1, -0.05) is 39.7 Å². The molecule has 4 aliphatic rings. The highest BCUT2D eigenvalue weighted by molar-refractivity contribution is 9.10. The first-order chi connectivity index (χ1) is 21.9. The van der Waals surface area contributed by atoms with Gasteiger partial charge in [-0.05, 0) is 80.3 Å². The number of imide groups is 2. The zero-order chi connectivity index (χ0) is 32.7. The zero-order valence-electron chi connectivity index (χ0n) is 24.3. The molecule has 236 valence electrons. The molecule has 0 spiro atoms. The van der Waals surface area contributed by atoms with Gasteiger partial charge >= 0.3 is 0 Å². The van der Waals surface area contributed by atoms with Gasteiger partial charge in [0.25, 0.3) is 11.8 Å². The van der Waals surface area contributed by atoms with Gasteiger partial charge in [0.05, 0.1) is 29.8 Å². The molecule has 0 bridgehead atoms. The number of hydrogen-bond acceptors (Lipinski definition) is 6. The minimum absolute atomic E-state index is 0.0697. The molecule has 46 heavy (non-hydrogen) atoms. The molecule has 12 heteroatoms. The molecular formula is C34H26BrCl2FN2O6. The molecule has 2 saturated heterocycles. The second-order valence-corrected chi connectivity index (χ2v) is 14.0. The Morgan fingerprint density at radius 3 is 2.24 bits per heavy atom. The number of rotatable bonds is 5. The maximum atomic E-state index is 14.5. The Labute approximate surface area is 281 Å². The van der Waals surface area contributed by atoms with E-state index >= 15 is 0 Å². The van der Waals surface area contributed by atoms with Crippen LogP contribution in [-0.4, -0.2) is 45.1 Å². The van der Waals surface area contributed by atoms with Crippen molar-refractivity contribution in [2.45, 2.75) is 35.4 Å². The van der Waals surface area contributed by atoms with Gasteiger partial charge in [0, 0.05) is 16.0 Å². The van der Waals surface area contributed by atoms with Crippen molar-refractivity contribution in [1.29, 1.82) is 0 Å². The number of allylic oxidation sites excluding steroid dienone is 2. The zero-order valence-corrected chi connectivity index (χ0v) is 27.4. The van der Waals surface area contributed by atoms with E-state index in [1.54, 1.807) is 55.5 Å². The average molecular weight is 728 g/mol. The number of fused-ring (bicyclic) bond motifs is 4. The third-order valence-electron chi connectivity index (χ3n) is 9.62. The highest BCUT2D eigenvalue weighted by atomic mass is 79.9. The summed E-state index contributed by atoms with van der Waals surface area (Å²) >= 11 is 18.1. The largest absolute Gasteiger partial charge is 0.504 e. The highest BCUT2D eigenvalue weighted by Gasteiger charge is 2.77. The molecule has 3 aromatic carbocycles. The van der Waals surface area contributed by atoms with Gasteiger partial charge in [-0.25, -0.2) is 9.29 Å². The first kappa shape index (κ1) is 30.9. The smallest absolute Gasteiger partial charge is 0.258 e. The summed E-state index contributed by atoms with van der Waals surface area (Å²) in [6, 6.07) is 16.3. The molecule has 6 unspecified atom stereocenters. The van der Waals surface area contributed by atoms with Crippen molar-refractivity contribution in [1.82, 2.24) is 0 Å². The van der Waals surface area contributed by atoms with E-state index in [4.69, 9.17) is 27.9 Å². The van der Waals surface area contributed by atoms with Gasteiger partial charge in [-0.3, -0.25) is 24.1 Å². The number of anilines is 2. The Hall–Kier alpha value is -3.73. The van der Waals surface area contributed by atoms with Crippen molar-refractivity contribution in [3.63, 3.8) is 0 Å². The van der Waals surface area contributed by atoms with Crippen LogP contribution in [0, 0.1) is 23.6 Å². The summed E-state index contributed by atoms with van der Waals surface area (Å²) in [6.07, 6.45) is 1.73. The predicted octanol–water partition coefficient (Wildman–Crippen LogP) is 6.46. The quantitative estimate of drug-likeness (QED) is 0.184. The topological polar surface area (TPSA) is 104 Å². The minimum atomic E-state index is -2.17. The maximum Gasteiger partial charge on any atom is 0.258 e. The number of alkyl halides is 2. The number of phenols is 1. The fraction of sp³-hybridized carbons (Fsp3) is 0.294. The Morgan fingerprint density at radius 1 is 0.913 bits per heavy atom. The van der Waals surface area contributed by atoms with Gasteiger partial charge in [-0.15, -0.1) is 23.2 Å². The molecule has 1 N–H and O–H groups in total. The molecule has 3 aromatic rings. The van der Waals surface area contributed by atoms with Crippen molar-refractivity contribution in [3.8, 4) is 11.5 Å². The maximum absolute atomic E-state index is 14.5. The molecule has 0 radical (unpaired) electrons. The van der Waals surface area contributed by atoms with Crippen molar-refractivity contribution in [2.75, 3.05) is 16.4 Å².